The van der Waals surface area contributed by atoms with E-state index in [9.17, 15) is 12.8 Å². The van der Waals surface area contributed by atoms with Gasteiger partial charge < -0.3 is 10.6 Å². The molecule has 9 heteroatoms. The van der Waals surface area contributed by atoms with Gasteiger partial charge in [0.2, 0.25) is 10.0 Å². The molecule has 0 unspecified atom stereocenters. The third-order valence-electron chi connectivity index (χ3n) is 4.96. The van der Waals surface area contributed by atoms with E-state index in [-0.39, 0.29) is 35.2 Å². The first-order chi connectivity index (χ1) is 13.8. The van der Waals surface area contributed by atoms with Crippen LogP contribution >= 0.6 is 24.0 Å². The maximum atomic E-state index is 14.2. The summed E-state index contributed by atoms with van der Waals surface area (Å²) in [5.74, 6) is 0.443. The second-order valence-corrected chi connectivity index (χ2v) is 9.09. The molecule has 0 heterocycles. The number of rotatable bonds is 8. The van der Waals surface area contributed by atoms with Crippen molar-refractivity contribution in [1.29, 1.82) is 0 Å². The van der Waals surface area contributed by atoms with Gasteiger partial charge in [0.1, 0.15) is 5.82 Å². The molecule has 1 saturated carbocycles. The number of nitrogens with one attached hydrogen (secondary N) is 3. The number of para-hydroxylation sites is 1. The molecule has 2 aromatic rings. The van der Waals surface area contributed by atoms with Crippen molar-refractivity contribution in [1.82, 2.24) is 10.6 Å². The van der Waals surface area contributed by atoms with Crippen LogP contribution in [0.4, 0.5) is 10.1 Å². The van der Waals surface area contributed by atoms with E-state index >= 15 is 0 Å². The molecule has 0 radical (unpaired) electrons. The SMILES string of the molecule is CCNC(=NCc1ccccc1NS(C)(=O)=O)NCC1(c2ccccc2F)CC1.I. The van der Waals surface area contributed by atoms with Gasteiger partial charge in [0, 0.05) is 18.5 Å². The standard InChI is InChI=1S/C21H27FN4O2S.HI/c1-3-23-20(24-14-16-8-4-7-11-19(16)26-29(2,27)28)25-15-21(12-13-21)17-9-5-6-10-18(17)22;/h4-11,26H,3,12-15H2,1-2H3,(H2,23,24,25);1H. The molecule has 1 fully saturated rings. The normalized spacial score (nSPS) is 15.1. The summed E-state index contributed by atoms with van der Waals surface area (Å²) in [4.78, 5) is 4.59. The molecule has 30 heavy (non-hydrogen) atoms. The Kier molecular flexibility index (Phi) is 8.48. The number of hydrogen-bond acceptors (Lipinski definition) is 3. The molecule has 1 aliphatic carbocycles. The Balaban J connectivity index is 0.00000320. The molecule has 0 aromatic heterocycles. The lowest BCUT2D eigenvalue weighted by Gasteiger charge is -2.19. The third-order valence-corrected chi connectivity index (χ3v) is 5.55. The Morgan fingerprint density at radius 3 is 2.40 bits per heavy atom. The number of nitrogens with zero attached hydrogens (tertiary/aromatic N) is 1. The van der Waals surface area contributed by atoms with Gasteiger partial charge in [-0.25, -0.2) is 17.8 Å². The van der Waals surface area contributed by atoms with Gasteiger partial charge in [0.15, 0.2) is 5.96 Å². The van der Waals surface area contributed by atoms with E-state index in [1.165, 1.54) is 6.07 Å². The summed E-state index contributed by atoms with van der Waals surface area (Å²) in [6.07, 6.45) is 2.99. The molecule has 0 bridgehead atoms. The molecular weight excluding hydrogens is 518 g/mol. The zero-order valence-corrected chi connectivity index (χ0v) is 20.3. The Bertz CT molecular complexity index is 994. The van der Waals surface area contributed by atoms with Crippen LogP contribution in [0.3, 0.4) is 0 Å². The van der Waals surface area contributed by atoms with Crippen LogP contribution in [0.25, 0.3) is 0 Å². The molecule has 164 valence electrons. The van der Waals surface area contributed by atoms with E-state index in [1.54, 1.807) is 18.2 Å². The highest BCUT2D eigenvalue weighted by atomic mass is 127. The van der Waals surface area contributed by atoms with Gasteiger partial charge in [0.05, 0.1) is 18.5 Å². The van der Waals surface area contributed by atoms with Crippen molar-refractivity contribution in [2.45, 2.75) is 31.7 Å². The number of halogens is 2. The molecule has 2 aromatic carbocycles. The molecule has 6 nitrogen and oxygen atoms in total. The van der Waals surface area contributed by atoms with Gasteiger partial charge in [-0.1, -0.05) is 36.4 Å². The monoisotopic (exact) mass is 546 g/mol. The van der Waals surface area contributed by atoms with Crippen LogP contribution in [0.15, 0.2) is 53.5 Å². The van der Waals surface area contributed by atoms with Crippen molar-refractivity contribution in [3.05, 3.63) is 65.5 Å². The van der Waals surface area contributed by atoms with Crippen molar-refractivity contribution in [3.63, 3.8) is 0 Å². The van der Waals surface area contributed by atoms with Crippen LogP contribution in [0.5, 0.6) is 0 Å². The molecule has 0 saturated heterocycles. The van der Waals surface area contributed by atoms with Crippen LogP contribution in [-0.2, 0) is 22.0 Å². The summed E-state index contributed by atoms with van der Waals surface area (Å²) < 4.78 is 39.9. The van der Waals surface area contributed by atoms with Gasteiger partial charge in [-0.3, -0.25) is 4.72 Å². The summed E-state index contributed by atoms with van der Waals surface area (Å²) in [6.45, 7) is 3.55. The molecule has 0 spiro atoms. The quantitative estimate of drug-likeness (QED) is 0.269. The molecular formula is C21H28FIN4O2S. The summed E-state index contributed by atoms with van der Waals surface area (Å²) in [5.41, 5.74) is 1.83. The number of guanidine groups is 1. The zero-order valence-electron chi connectivity index (χ0n) is 17.1. The largest absolute Gasteiger partial charge is 0.357 e. The molecule has 0 atom stereocenters. The van der Waals surface area contributed by atoms with E-state index in [1.807, 2.05) is 31.2 Å². The number of aliphatic imine (C=N–C) groups is 1. The van der Waals surface area contributed by atoms with Gasteiger partial charge in [-0.15, -0.1) is 24.0 Å². The Hall–Kier alpha value is -1.88. The van der Waals surface area contributed by atoms with Crippen molar-refractivity contribution < 1.29 is 12.8 Å². The van der Waals surface area contributed by atoms with E-state index in [0.717, 1.165) is 30.2 Å². The van der Waals surface area contributed by atoms with Gasteiger partial charge in [0.25, 0.3) is 0 Å². The molecule has 3 N–H and O–H groups in total. The lowest BCUT2D eigenvalue weighted by molar-refractivity contribution is 0.559. The number of hydrogen-bond donors (Lipinski definition) is 3. The zero-order chi connectivity index (χ0) is 20.9. The van der Waals surface area contributed by atoms with Gasteiger partial charge >= 0.3 is 0 Å². The van der Waals surface area contributed by atoms with Crippen LogP contribution in [0.2, 0.25) is 0 Å². The number of benzene rings is 2. The predicted molar refractivity (Wildman–Crippen MR) is 130 cm³/mol. The summed E-state index contributed by atoms with van der Waals surface area (Å²) in [6, 6.07) is 14.1. The van der Waals surface area contributed by atoms with Crippen molar-refractivity contribution in [2.75, 3.05) is 24.1 Å². The lowest BCUT2D eigenvalue weighted by Crippen LogP contribution is -2.41. The Morgan fingerprint density at radius 1 is 1.10 bits per heavy atom. The molecule has 0 amide bonds. The highest BCUT2D eigenvalue weighted by Gasteiger charge is 2.45. The summed E-state index contributed by atoms with van der Waals surface area (Å²) in [7, 11) is -3.37. The maximum Gasteiger partial charge on any atom is 0.229 e. The average Bonchev–Trinajstić information content (AvgIpc) is 3.45. The summed E-state index contributed by atoms with van der Waals surface area (Å²) in [5, 5.41) is 6.51. The van der Waals surface area contributed by atoms with E-state index < -0.39 is 10.0 Å². The number of sulfonamides is 1. The van der Waals surface area contributed by atoms with Gasteiger partial charge in [-0.05, 0) is 43.0 Å². The minimum Gasteiger partial charge on any atom is -0.357 e. The molecule has 1 aliphatic rings. The average molecular weight is 546 g/mol. The second-order valence-electron chi connectivity index (χ2n) is 7.34. The fraction of sp³-hybridized carbons (Fsp3) is 0.381. The van der Waals surface area contributed by atoms with Crippen molar-refractivity contribution in [2.24, 2.45) is 4.99 Å². The van der Waals surface area contributed by atoms with Crippen LogP contribution < -0.4 is 15.4 Å². The highest BCUT2D eigenvalue weighted by molar-refractivity contribution is 14.0. The van der Waals surface area contributed by atoms with Crippen LogP contribution in [0, 0.1) is 5.82 Å². The minimum atomic E-state index is -3.37. The van der Waals surface area contributed by atoms with E-state index in [0.29, 0.717) is 31.3 Å². The Morgan fingerprint density at radius 2 is 1.77 bits per heavy atom. The van der Waals surface area contributed by atoms with Crippen LogP contribution in [-0.4, -0.2) is 33.7 Å². The highest BCUT2D eigenvalue weighted by Crippen LogP contribution is 2.48. The third kappa shape index (κ3) is 6.56. The fourth-order valence-corrected chi connectivity index (χ4v) is 3.90. The van der Waals surface area contributed by atoms with Crippen molar-refractivity contribution >= 4 is 45.6 Å². The first kappa shape index (κ1) is 24.4. The lowest BCUT2D eigenvalue weighted by atomic mass is 9.95. The van der Waals surface area contributed by atoms with Gasteiger partial charge in [-0.2, -0.15) is 0 Å². The Labute approximate surface area is 194 Å². The maximum absolute atomic E-state index is 14.2. The molecule has 0 aliphatic heterocycles. The second kappa shape index (κ2) is 10.4. The topological polar surface area (TPSA) is 82.6 Å². The summed E-state index contributed by atoms with van der Waals surface area (Å²) >= 11 is 0. The first-order valence-electron chi connectivity index (χ1n) is 9.66. The van der Waals surface area contributed by atoms with E-state index in [2.05, 4.69) is 20.3 Å². The number of anilines is 1. The van der Waals surface area contributed by atoms with E-state index in [4.69, 9.17) is 0 Å². The minimum absolute atomic E-state index is 0. The first-order valence-corrected chi connectivity index (χ1v) is 11.5. The fourth-order valence-electron chi connectivity index (χ4n) is 3.30. The van der Waals surface area contributed by atoms with Crippen molar-refractivity contribution in [3.8, 4) is 0 Å². The smallest absolute Gasteiger partial charge is 0.229 e. The van der Waals surface area contributed by atoms with Crippen LogP contribution in [0.1, 0.15) is 30.9 Å². The predicted octanol–water partition coefficient (Wildman–Crippen LogP) is 3.60. The molecule has 3 rings (SSSR count).